The van der Waals surface area contributed by atoms with Crippen molar-refractivity contribution in [3.63, 3.8) is 0 Å². The zero-order valence-electron chi connectivity index (χ0n) is 41.8. The van der Waals surface area contributed by atoms with Crippen molar-refractivity contribution in [2.24, 2.45) is 23.7 Å². The number of amides is 4. The normalized spacial score (nSPS) is 18.5. The van der Waals surface area contributed by atoms with Crippen LogP contribution in [0.2, 0.25) is 0 Å². The summed E-state index contributed by atoms with van der Waals surface area (Å²) in [6.45, 7) is 20.9. The summed E-state index contributed by atoms with van der Waals surface area (Å²) in [5.41, 5.74) is 5.57. The largest absolute Gasteiger partial charge is 0.481 e. The number of aliphatic hydroxyl groups is 1. The zero-order chi connectivity index (χ0) is 54.8. The van der Waals surface area contributed by atoms with E-state index in [-0.39, 0.29) is 23.7 Å². The number of esters is 3. The van der Waals surface area contributed by atoms with Gasteiger partial charge in [0, 0.05) is 13.1 Å². The third-order valence-electron chi connectivity index (χ3n) is 10.6. The van der Waals surface area contributed by atoms with Crippen LogP contribution in [0.25, 0.3) is 0 Å². The standard InChI is InChI=1S/C23H36Cl3N3O6.C15H24Cl3N3O5.C8H14O2/c1-6-9-16(10-7-2)21(32)35-18(14(3)4)19(30)27-15(5)20(31)29-12-8-11-17(28-29)22(33)34-13-23(24,25)26;1-8(2)11(22)12(23)19-9(3)13(24)21-6-4-5-10(20-21)14(25)26-7-15(16,17)18;1-3-5-7(6-4-2)8(9)10/h6,14-18,28H,1,7-13H2,2-5H3,(H,27,30);8-11,20,22H,4-7H2,1-3H3,(H,19,23);3,7H,1,4-6H2,2H3,(H,9,10)/t15-,16-,17-,18-;9-,10-,11-;7-/m000/s1. The number of aliphatic carboxylic acids is 1. The number of nitrogens with zero attached hydrogens (tertiary/aromatic N) is 2. The molecule has 2 aliphatic heterocycles. The fourth-order valence-corrected chi connectivity index (χ4v) is 7.04. The maximum Gasteiger partial charge on any atom is 0.325 e. The highest BCUT2D eigenvalue weighted by Gasteiger charge is 2.37. The van der Waals surface area contributed by atoms with Crippen LogP contribution in [-0.2, 0) is 52.6 Å². The van der Waals surface area contributed by atoms with Crippen molar-refractivity contribution in [2.45, 2.75) is 164 Å². The molecule has 0 unspecified atom stereocenters. The molecule has 0 aromatic carbocycles. The van der Waals surface area contributed by atoms with Gasteiger partial charge in [-0.05, 0) is 77.0 Å². The molecule has 4 amide bonds. The Balaban J connectivity index is 0.00000119. The molecule has 19 nitrogen and oxygen atoms in total. The number of ether oxygens (including phenoxy) is 3. The van der Waals surface area contributed by atoms with E-state index in [9.17, 15) is 43.5 Å². The number of allylic oxidation sites excluding steroid dienone is 2. The van der Waals surface area contributed by atoms with E-state index in [1.807, 2.05) is 13.8 Å². The monoisotopic (exact) mass is 1130 g/mol. The lowest BCUT2D eigenvalue weighted by atomic mass is 9.99. The van der Waals surface area contributed by atoms with Gasteiger partial charge >= 0.3 is 23.9 Å². The summed E-state index contributed by atoms with van der Waals surface area (Å²) in [5.74, 6) is -5.73. The number of halogens is 6. The molecule has 0 spiro atoms. The Labute approximate surface area is 447 Å². The van der Waals surface area contributed by atoms with Crippen molar-refractivity contribution in [2.75, 3.05) is 26.3 Å². The van der Waals surface area contributed by atoms with Gasteiger partial charge in [0.1, 0.15) is 43.5 Å². The summed E-state index contributed by atoms with van der Waals surface area (Å²) in [6.07, 6.45) is 7.15. The molecule has 6 N–H and O–H groups in total. The minimum absolute atomic E-state index is 0.220. The first-order chi connectivity index (χ1) is 32.9. The van der Waals surface area contributed by atoms with Crippen LogP contribution in [0, 0.1) is 23.7 Å². The molecule has 25 heteroatoms. The molecule has 408 valence electrons. The molecule has 8 atom stereocenters. The number of aliphatic hydroxyl groups excluding tert-OH is 1. The number of carbonyl (C=O) groups is 8. The average Bonchev–Trinajstić information content (AvgIpc) is 3.30. The summed E-state index contributed by atoms with van der Waals surface area (Å²) >= 11 is 33.4. The minimum atomic E-state index is -1.74. The van der Waals surface area contributed by atoms with Crippen LogP contribution in [0.15, 0.2) is 25.3 Å². The van der Waals surface area contributed by atoms with Crippen molar-refractivity contribution in [3.05, 3.63) is 25.3 Å². The fourth-order valence-electron chi connectivity index (χ4n) is 6.71. The quantitative estimate of drug-likeness (QED) is 0.0279. The van der Waals surface area contributed by atoms with E-state index in [0.29, 0.717) is 58.0 Å². The Morgan fingerprint density at radius 1 is 0.676 bits per heavy atom. The second kappa shape index (κ2) is 34.4. The average molecular weight is 1130 g/mol. The van der Waals surface area contributed by atoms with E-state index in [1.54, 1.807) is 39.8 Å². The van der Waals surface area contributed by atoms with Crippen LogP contribution in [0.4, 0.5) is 0 Å². The van der Waals surface area contributed by atoms with Crippen LogP contribution in [0.5, 0.6) is 0 Å². The van der Waals surface area contributed by atoms with Gasteiger partial charge in [-0.25, -0.2) is 10.9 Å². The first-order valence-electron chi connectivity index (χ1n) is 23.5. The molecule has 2 rings (SSSR count). The Bertz CT molecular complexity index is 1750. The molecule has 2 heterocycles. The number of hydrogen-bond donors (Lipinski definition) is 6. The number of rotatable bonds is 23. The van der Waals surface area contributed by atoms with Crippen molar-refractivity contribution < 1.29 is 62.8 Å². The van der Waals surface area contributed by atoms with E-state index in [1.165, 1.54) is 23.9 Å². The highest BCUT2D eigenvalue weighted by molar-refractivity contribution is 6.68. The predicted molar refractivity (Wildman–Crippen MR) is 273 cm³/mol. The molecular weight excluding hydrogens is 1060 g/mol. The number of nitrogens with one attached hydrogen (secondary N) is 4. The Morgan fingerprint density at radius 3 is 1.42 bits per heavy atom. The molecule has 2 aliphatic rings. The number of hydrazine groups is 2. The maximum absolute atomic E-state index is 12.9. The van der Waals surface area contributed by atoms with Crippen LogP contribution in [0.3, 0.4) is 0 Å². The molecular formula is C46H74Cl6N6O13. The minimum Gasteiger partial charge on any atom is -0.481 e. The molecule has 0 radical (unpaired) electrons. The van der Waals surface area contributed by atoms with Gasteiger partial charge in [-0.1, -0.05) is 136 Å². The lowest BCUT2D eigenvalue weighted by molar-refractivity contribution is -0.163. The molecule has 0 aromatic heterocycles. The van der Waals surface area contributed by atoms with Gasteiger partial charge in [-0.15, -0.1) is 13.2 Å². The second-order valence-corrected chi connectivity index (χ2v) is 22.7. The van der Waals surface area contributed by atoms with Crippen LogP contribution in [-0.4, -0.2) is 138 Å². The first-order valence-corrected chi connectivity index (χ1v) is 25.8. The van der Waals surface area contributed by atoms with Crippen molar-refractivity contribution >= 4 is 117 Å². The molecule has 0 saturated carbocycles. The Hall–Kier alpha value is -3.14. The Kier molecular flexibility index (Phi) is 32.8. The highest BCUT2D eigenvalue weighted by atomic mass is 35.6. The van der Waals surface area contributed by atoms with Gasteiger partial charge < -0.3 is 35.1 Å². The molecule has 0 aromatic rings. The fraction of sp³-hybridized carbons (Fsp3) is 0.739. The first kappa shape index (κ1) is 67.9. The second-order valence-electron chi connectivity index (χ2n) is 17.7. The summed E-state index contributed by atoms with van der Waals surface area (Å²) in [7, 11) is 0. The maximum atomic E-state index is 12.9. The van der Waals surface area contributed by atoms with E-state index in [2.05, 4.69) is 34.6 Å². The number of carbonyl (C=O) groups excluding carboxylic acids is 7. The van der Waals surface area contributed by atoms with Gasteiger partial charge in [-0.3, -0.25) is 48.4 Å². The molecule has 0 bridgehead atoms. The van der Waals surface area contributed by atoms with E-state index in [4.69, 9.17) is 88.9 Å². The highest BCUT2D eigenvalue weighted by Crippen LogP contribution is 2.27. The van der Waals surface area contributed by atoms with Gasteiger partial charge in [0.25, 0.3) is 17.7 Å². The summed E-state index contributed by atoms with van der Waals surface area (Å²) in [5, 5.41) is 25.9. The van der Waals surface area contributed by atoms with E-state index < -0.39 is 105 Å². The summed E-state index contributed by atoms with van der Waals surface area (Å²) in [6, 6.07) is -3.37. The molecule has 71 heavy (non-hydrogen) atoms. The smallest absolute Gasteiger partial charge is 0.325 e. The predicted octanol–water partition coefficient (Wildman–Crippen LogP) is 6.44. The third-order valence-corrected chi connectivity index (χ3v) is 11.2. The zero-order valence-corrected chi connectivity index (χ0v) is 46.3. The van der Waals surface area contributed by atoms with Gasteiger partial charge in [0.15, 0.2) is 6.10 Å². The molecule has 0 aliphatic carbocycles. The topological polar surface area (TPSA) is 259 Å². The van der Waals surface area contributed by atoms with Crippen molar-refractivity contribution in [1.29, 1.82) is 0 Å². The Morgan fingerprint density at radius 2 is 1.07 bits per heavy atom. The van der Waals surface area contributed by atoms with Crippen LogP contribution in [0.1, 0.15) is 120 Å². The molecule has 2 fully saturated rings. The number of carboxylic acid groups (broad SMARTS) is 1. The lowest BCUT2D eigenvalue weighted by Crippen LogP contribution is -2.60. The molecule has 2 saturated heterocycles. The van der Waals surface area contributed by atoms with Gasteiger partial charge in [-0.2, -0.15) is 0 Å². The number of alkyl halides is 6. The van der Waals surface area contributed by atoms with Crippen LogP contribution >= 0.6 is 69.6 Å². The van der Waals surface area contributed by atoms with E-state index >= 15 is 0 Å². The summed E-state index contributed by atoms with van der Waals surface area (Å²) < 4.78 is 12.0. The van der Waals surface area contributed by atoms with Crippen molar-refractivity contribution in [3.8, 4) is 0 Å². The van der Waals surface area contributed by atoms with Crippen LogP contribution < -0.4 is 21.5 Å². The third kappa shape index (κ3) is 27.6. The summed E-state index contributed by atoms with van der Waals surface area (Å²) in [4.78, 5) is 97.5. The lowest BCUT2D eigenvalue weighted by Gasteiger charge is -2.34. The number of hydrogen-bond acceptors (Lipinski definition) is 14. The van der Waals surface area contributed by atoms with E-state index in [0.717, 1.165) is 19.3 Å². The van der Waals surface area contributed by atoms with Crippen molar-refractivity contribution in [1.82, 2.24) is 31.5 Å². The SMILES string of the molecule is C=CC[C@@H](CCC)C(=O)O.C=CC[C@@H](CCC)C(=O)O[C@H](C(=O)N[C@@H](C)C(=O)N1CCC[C@@H](C(=O)OCC(Cl)(Cl)Cl)N1)C(C)C.CC(C)[C@H](O)C(=O)N[C@@H](C)C(=O)N1CCC[C@@H](C(=O)OCC(Cl)(Cl)Cl)N1. The van der Waals surface area contributed by atoms with Gasteiger partial charge in [0.05, 0.1) is 11.8 Å². The number of carboxylic acids is 1. The van der Waals surface area contributed by atoms with Gasteiger partial charge in [0.2, 0.25) is 13.5 Å².